The number of nitrogens with one attached hydrogen (secondary N) is 1. The Bertz CT molecular complexity index is 682. The number of aromatic carboxylic acids is 1. The van der Waals surface area contributed by atoms with Crippen molar-refractivity contribution < 1.29 is 23.1 Å². The molecule has 0 amide bonds. The molecule has 2 N–H and O–H groups in total. The van der Waals surface area contributed by atoms with Gasteiger partial charge >= 0.3 is 12.1 Å². The third-order valence-corrected chi connectivity index (χ3v) is 2.26. The summed E-state index contributed by atoms with van der Waals surface area (Å²) in [6.07, 6.45) is -3.76. The summed E-state index contributed by atoms with van der Waals surface area (Å²) < 4.78 is 37.9. The van der Waals surface area contributed by atoms with Crippen molar-refractivity contribution in [3.05, 3.63) is 34.9 Å². The summed E-state index contributed by atoms with van der Waals surface area (Å²) in [5.74, 6) is -1.72. The zero-order valence-corrected chi connectivity index (χ0v) is 8.54. The number of rotatable bonds is 1. The summed E-state index contributed by atoms with van der Waals surface area (Å²) in [7, 11) is 0. The second-order valence-corrected chi connectivity index (χ2v) is 3.38. The zero-order chi connectivity index (χ0) is 13.5. The van der Waals surface area contributed by atoms with E-state index in [9.17, 15) is 18.0 Å². The minimum absolute atomic E-state index is 0.0299. The predicted molar refractivity (Wildman–Crippen MR) is 54.3 cm³/mol. The quantitative estimate of drug-likeness (QED) is 0.769. The summed E-state index contributed by atoms with van der Waals surface area (Å²) in [6, 6.07) is 1.06. The topological polar surface area (TPSA) is 70.3 Å². The largest absolute Gasteiger partial charge is 0.478 e. The van der Waals surface area contributed by atoms with Crippen LogP contribution in [0.2, 0.25) is 0 Å². The first kappa shape index (κ1) is 11.9. The van der Waals surface area contributed by atoms with Gasteiger partial charge in [-0.05, 0) is 6.07 Å². The Morgan fingerprint density at radius 2 is 2.17 bits per heavy atom. The number of aromatic nitrogens is 2. The molecule has 0 bridgehead atoms. The van der Waals surface area contributed by atoms with E-state index in [1.807, 2.05) is 4.98 Å². The zero-order valence-electron chi connectivity index (χ0n) is 8.54. The molecule has 2 aromatic rings. The van der Waals surface area contributed by atoms with Crippen LogP contribution in [0.15, 0.2) is 12.3 Å². The highest BCUT2D eigenvalue weighted by atomic mass is 19.4. The van der Waals surface area contributed by atoms with Gasteiger partial charge in [0, 0.05) is 11.6 Å². The molecule has 0 aliphatic heterocycles. The number of halogens is 3. The van der Waals surface area contributed by atoms with Crippen molar-refractivity contribution in [3.63, 3.8) is 0 Å². The maximum absolute atomic E-state index is 12.6. The number of fused-ring (bicyclic) bond motifs is 1. The van der Waals surface area contributed by atoms with Crippen LogP contribution in [0.4, 0.5) is 18.9 Å². The molecule has 0 saturated carbocycles. The van der Waals surface area contributed by atoms with Gasteiger partial charge in [-0.2, -0.15) is 13.2 Å². The predicted octanol–water partition coefficient (Wildman–Crippen LogP) is 2.83. The minimum Gasteiger partial charge on any atom is -0.478 e. The van der Waals surface area contributed by atoms with Gasteiger partial charge < -0.3 is 10.1 Å². The van der Waals surface area contributed by atoms with Gasteiger partial charge in [-0.15, -0.1) is 0 Å². The smallest absolute Gasteiger partial charge is 0.432 e. The number of carbonyl (C=O) groups is 1. The minimum atomic E-state index is -4.83. The lowest BCUT2D eigenvalue weighted by Gasteiger charge is -2.04. The lowest BCUT2D eigenvalue weighted by Crippen LogP contribution is -2.11. The molecule has 0 spiro atoms. The molecule has 0 saturated heterocycles. The first-order valence-corrected chi connectivity index (χ1v) is 4.54. The number of aromatic amines is 1. The van der Waals surface area contributed by atoms with Gasteiger partial charge in [0.15, 0.2) is 0 Å². The van der Waals surface area contributed by atoms with Crippen LogP contribution in [0.5, 0.6) is 0 Å². The molecule has 0 aliphatic rings. The molecule has 18 heavy (non-hydrogen) atoms. The van der Waals surface area contributed by atoms with Gasteiger partial charge in [0.05, 0.1) is 12.1 Å². The number of nitrogens with zero attached hydrogens (tertiary/aromatic N) is 2. The number of alkyl halides is 3. The Morgan fingerprint density at radius 3 is 2.67 bits per heavy atom. The second-order valence-electron chi connectivity index (χ2n) is 3.38. The number of pyridine rings is 1. The van der Waals surface area contributed by atoms with E-state index in [0.717, 1.165) is 12.3 Å². The Kier molecular flexibility index (Phi) is 2.47. The molecular formula is C10H4F3N3O2. The van der Waals surface area contributed by atoms with Gasteiger partial charge in [0.25, 0.3) is 0 Å². The third-order valence-electron chi connectivity index (χ3n) is 2.26. The first-order valence-electron chi connectivity index (χ1n) is 4.54. The van der Waals surface area contributed by atoms with Crippen molar-refractivity contribution in [1.82, 2.24) is 9.97 Å². The summed E-state index contributed by atoms with van der Waals surface area (Å²) in [4.78, 5) is 19.4. The average Bonchev–Trinajstić information content (AvgIpc) is 2.66. The van der Waals surface area contributed by atoms with Crippen LogP contribution >= 0.6 is 0 Å². The number of hydrogen-bond acceptors (Lipinski definition) is 2. The fourth-order valence-electron chi connectivity index (χ4n) is 1.56. The van der Waals surface area contributed by atoms with Crippen LogP contribution in [0.25, 0.3) is 15.9 Å². The highest BCUT2D eigenvalue weighted by Crippen LogP contribution is 2.35. The average molecular weight is 255 g/mol. The first-order chi connectivity index (χ1) is 8.34. The molecule has 92 valence electrons. The fraction of sp³-hybridized carbons (Fsp3) is 0.100. The normalized spacial score (nSPS) is 11.4. The summed E-state index contributed by atoms with van der Waals surface area (Å²) in [5.41, 5.74) is -2.54. The van der Waals surface area contributed by atoms with Crippen molar-refractivity contribution in [2.45, 2.75) is 6.18 Å². The molecule has 2 heterocycles. The van der Waals surface area contributed by atoms with Crippen LogP contribution in [0.1, 0.15) is 16.1 Å². The van der Waals surface area contributed by atoms with Gasteiger partial charge in [-0.1, -0.05) is 0 Å². The van der Waals surface area contributed by atoms with Gasteiger partial charge in [-0.25, -0.2) is 9.64 Å². The lowest BCUT2D eigenvalue weighted by atomic mass is 10.1. The van der Waals surface area contributed by atoms with E-state index in [2.05, 4.69) is 9.83 Å². The summed E-state index contributed by atoms with van der Waals surface area (Å²) >= 11 is 0. The molecule has 5 nitrogen and oxygen atoms in total. The van der Waals surface area contributed by atoms with Gasteiger partial charge in [0.1, 0.15) is 11.3 Å². The number of H-pyrrole nitrogens is 1. The van der Waals surface area contributed by atoms with Crippen molar-refractivity contribution >= 4 is 22.7 Å². The Balaban J connectivity index is 2.86. The van der Waals surface area contributed by atoms with Crippen LogP contribution in [-0.2, 0) is 6.18 Å². The van der Waals surface area contributed by atoms with E-state index in [1.165, 1.54) is 0 Å². The van der Waals surface area contributed by atoms with Crippen molar-refractivity contribution in [2.75, 3.05) is 0 Å². The number of hydrogen-bond donors (Lipinski definition) is 2. The van der Waals surface area contributed by atoms with Crippen LogP contribution in [0.3, 0.4) is 0 Å². The van der Waals surface area contributed by atoms with E-state index in [-0.39, 0.29) is 16.7 Å². The van der Waals surface area contributed by atoms with Gasteiger partial charge in [-0.3, -0.25) is 4.98 Å². The van der Waals surface area contributed by atoms with Crippen molar-refractivity contribution in [3.8, 4) is 0 Å². The van der Waals surface area contributed by atoms with E-state index in [0.29, 0.717) is 0 Å². The SMILES string of the molecule is [C-]#[N+]c1cnc2[nH]c(C(F)(F)F)c(C(=O)O)c2c1. The standard InChI is InChI=1S/C10H4F3N3O2/c1-14-4-2-5-6(9(17)18)7(10(11,12)13)16-8(5)15-3-4/h2-3H,(H,15,16)(H,17,18). The number of carboxylic acid groups (broad SMARTS) is 1. The molecule has 0 aromatic carbocycles. The highest BCUT2D eigenvalue weighted by molar-refractivity contribution is 6.04. The number of carboxylic acids is 1. The maximum Gasteiger partial charge on any atom is 0.432 e. The van der Waals surface area contributed by atoms with E-state index >= 15 is 0 Å². The van der Waals surface area contributed by atoms with Gasteiger partial charge in [0.2, 0.25) is 5.69 Å². The monoisotopic (exact) mass is 255 g/mol. The fourth-order valence-corrected chi connectivity index (χ4v) is 1.56. The van der Waals surface area contributed by atoms with E-state index < -0.39 is 23.4 Å². The molecule has 8 heteroatoms. The summed E-state index contributed by atoms with van der Waals surface area (Å²) in [6.45, 7) is 6.73. The van der Waals surface area contributed by atoms with Crippen LogP contribution in [-0.4, -0.2) is 21.0 Å². The molecule has 0 atom stereocenters. The van der Waals surface area contributed by atoms with Crippen molar-refractivity contribution in [2.24, 2.45) is 0 Å². The van der Waals surface area contributed by atoms with Crippen LogP contribution in [0, 0.1) is 6.57 Å². The molecule has 0 aliphatic carbocycles. The molecule has 0 unspecified atom stereocenters. The summed E-state index contributed by atoms with van der Waals surface area (Å²) in [5, 5.41) is 8.62. The van der Waals surface area contributed by atoms with Crippen molar-refractivity contribution in [1.29, 1.82) is 0 Å². The van der Waals surface area contributed by atoms with Crippen LogP contribution < -0.4 is 0 Å². The Hall–Kier alpha value is -2.56. The van der Waals surface area contributed by atoms with E-state index in [1.54, 1.807) is 0 Å². The highest BCUT2D eigenvalue weighted by Gasteiger charge is 2.39. The molecule has 0 fully saturated rings. The Labute approximate surface area is 97.7 Å². The maximum atomic E-state index is 12.6. The molecule has 2 aromatic heterocycles. The Morgan fingerprint density at radius 1 is 1.50 bits per heavy atom. The third kappa shape index (κ3) is 1.75. The van der Waals surface area contributed by atoms with E-state index in [4.69, 9.17) is 11.7 Å². The lowest BCUT2D eigenvalue weighted by molar-refractivity contribution is -0.141. The molecular weight excluding hydrogens is 251 g/mol. The second kappa shape index (κ2) is 3.73. The molecule has 2 rings (SSSR count). The molecule has 0 radical (unpaired) electrons.